The molecule has 0 saturated heterocycles. The number of carbonyl (C=O) groups is 1. The Balaban J connectivity index is 2.10. The van der Waals surface area contributed by atoms with E-state index in [9.17, 15) is 9.90 Å². The molecular formula is C15H14O2. The summed E-state index contributed by atoms with van der Waals surface area (Å²) < 4.78 is 0. The third-order valence-electron chi connectivity index (χ3n) is 2.98. The van der Waals surface area contributed by atoms with Crippen LogP contribution in [0.5, 0.6) is 0 Å². The number of aliphatic hydroxyl groups excluding tert-OH is 1. The molecule has 2 saturated carbocycles. The molecule has 0 spiro atoms. The van der Waals surface area contributed by atoms with Crippen molar-refractivity contribution in [3.63, 3.8) is 0 Å². The summed E-state index contributed by atoms with van der Waals surface area (Å²) >= 11 is 0. The quantitative estimate of drug-likeness (QED) is 0.593. The molecule has 2 fully saturated rings. The number of aliphatic hydroxyl groups is 1. The SMILES string of the molecule is C[C]1[CH][CH][CH][C]1C(=O)/C(=C\O)[C]1[CH][CH][CH][C]1C. The maximum absolute atomic E-state index is 12.3. The molecule has 2 aliphatic carbocycles. The van der Waals surface area contributed by atoms with Crippen molar-refractivity contribution in [3.8, 4) is 0 Å². The first-order valence-corrected chi connectivity index (χ1v) is 5.49. The van der Waals surface area contributed by atoms with Crippen LogP contribution in [0.2, 0.25) is 0 Å². The number of allylic oxidation sites excluding steroid dienone is 1. The second kappa shape index (κ2) is 5.24. The van der Waals surface area contributed by atoms with Gasteiger partial charge in [0.25, 0.3) is 0 Å². The van der Waals surface area contributed by atoms with Gasteiger partial charge in [0.2, 0.25) is 0 Å². The minimum absolute atomic E-state index is 0.135. The van der Waals surface area contributed by atoms with E-state index in [1.165, 1.54) is 0 Å². The summed E-state index contributed by atoms with van der Waals surface area (Å²) in [5.74, 6) is 3.22. The van der Waals surface area contributed by atoms with Gasteiger partial charge in [0.15, 0.2) is 5.78 Å². The molecule has 1 N–H and O–H groups in total. The Bertz CT molecular complexity index is 319. The van der Waals surface area contributed by atoms with Crippen LogP contribution < -0.4 is 0 Å². The highest BCUT2D eigenvalue weighted by atomic mass is 16.2. The van der Waals surface area contributed by atoms with E-state index in [2.05, 4.69) is 0 Å². The van der Waals surface area contributed by atoms with E-state index in [4.69, 9.17) is 0 Å². The van der Waals surface area contributed by atoms with E-state index in [1.54, 1.807) is 6.42 Å². The van der Waals surface area contributed by atoms with Crippen molar-refractivity contribution in [2.75, 3.05) is 0 Å². The molecule has 0 amide bonds. The normalized spacial score (nSPS) is 25.9. The number of hydrogen-bond donors (Lipinski definition) is 1. The van der Waals surface area contributed by atoms with Gasteiger partial charge < -0.3 is 5.11 Å². The van der Waals surface area contributed by atoms with Gasteiger partial charge in [-0.15, -0.1) is 0 Å². The van der Waals surface area contributed by atoms with Gasteiger partial charge in [0, 0.05) is 11.5 Å². The minimum Gasteiger partial charge on any atom is -0.515 e. The highest BCUT2D eigenvalue weighted by Gasteiger charge is 2.39. The zero-order valence-corrected chi connectivity index (χ0v) is 9.90. The molecule has 10 radical (unpaired) electrons. The van der Waals surface area contributed by atoms with Gasteiger partial charge in [-0.1, -0.05) is 13.8 Å². The van der Waals surface area contributed by atoms with Crippen molar-refractivity contribution >= 4 is 5.78 Å². The van der Waals surface area contributed by atoms with Gasteiger partial charge in [-0.2, -0.15) is 0 Å². The maximum atomic E-state index is 12.3. The highest BCUT2D eigenvalue weighted by Crippen LogP contribution is 2.42. The zero-order chi connectivity index (χ0) is 12.4. The van der Waals surface area contributed by atoms with E-state index >= 15 is 0 Å². The van der Waals surface area contributed by atoms with Crippen LogP contribution in [-0.4, -0.2) is 10.9 Å². The molecular weight excluding hydrogens is 212 g/mol. The molecule has 0 aromatic carbocycles. The summed E-state index contributed by atoms with van der Waals surface area (Å²) in [7, 11) is 0. The Morgan fingerprint density at radius 1 is 1.00 bits per heavy atom. The fourth-order valence-corrected chi connectivity index (χ4v) is 1.97. The molecule has 2 aliphatic rings. The Morgan fingerprint density at radius 2 is 1.53 bits per heavy atom. The van der Waals surface area contributed by atoms with E-state index in [1.807, 2.05) is 46.0 Å². The second-order valence-electron chi connectivity index (χ2n) is 4.12. The first-order valence-electron chi connectivity index (χ1n) is 5.49. The molecule has 86 valence electrons. The molecule has 0 aromatic rings. The third-order valence-corrected chi connectivity index (χ3v) is 2.98. The van der Waals surface area contributed by atoms with E-state index in [-0.39, 0.29) is 5.78 Å². The van der Waals surface area contributed by atoms with Crippen LogP contribution in [0.25, 0.3) is 0 Å². The Hall–Kier alpha value is -0.790. The number of rotatable bonds is 3. The van der Waals surface area contributed by atoms with Gasteiger partial charge in [0.1, 0.15) is 0 Å². The Kier molecular flexibility index (Phi) is 3.90. The average Bonchev–Trinajstić information content (AvgIpc) is 2.89. The zero-order valence-electron chi connectivity index (χ0n) is 9.90. The van der Waals surface area contributed by atoms with Crippen LogP contribution >= 0.6 is 0 Å². The van der Waals surface area contributed by atoms with Gasteiger partial charge in [-0.25, -0.2) is 0 Å². The first-order chi connectivity index (χ1) is 8.15. The van der Waals surface area contributed by atoms with Crippen molar-refractivity contribution in [2.24, 2.45) is 0 Å². The Morgan fingerprint density at radius 3 is 1.94 bits per heavy atom. The lowest BCUT2D eigenvalue weighted by Crippen LogP contribution is -2.21. The van der Waals surface area contributed by atoms with Gasteiger partial charge in [-0.3, -0.25) is 4.79 Å². The summed E-state index contributed by atoms with van der Waals surface area (Å²) in [4.78, 5) is 12.3. The number of hydrogen-bond acceptors (Lipinski definition) is 2. The Labute approximate surface area is 104 Å². The summed E-state index contributed by atoms with van der Waals surface area (Å²) in [6.45, 7) is 3.81. The van der Waals surface area contributed by atoms with E-state index in [0.717, 1.165) is 24.0 Å². The molecule has 0 unspecified atom stereocenters. The predicted molar refractivity (Wildman–Crippen MR) is 65.8 cm³/mol. The lowest BCUT2D eigenvalue weighted by molar-refractivity contribution is -0.113. The van der Waals surface area contributed by atoms with Crippen LogP contribution in [0.3, 0.4) is 0 Å². The van der Waals surface area contributed by atoms with Gasteiger partial charge in [0.05, 0.1) is 12.2 Å². The topological polar surface area (TPSA) is 37.3 Å². The van der Waals surface area contributed by atoms with Crippen molar-refractivity contribution in [2.45, 2.75) is 13.8 Å². The van der Waals surface area contributed by atoms with E-state index in [0.29, 0.717) is 11.5 Å². The standard InChI is InChI=1S/C15H14O2/c1-10-5-3-7-12(10)14(9-16)15(17)13-8-4-6-11(13)2/h3-9,16H,1-2H3/b14-9-. The second-order valence-corrected chi connectivity index (χ2v) is 4.12. The minimum atomic E-state index is -0.135. The van der Waals surface area contributed by atoms with Gasteiger partial charge in [-0.05, 0) is 50.4 Å². The fraction of sp³-hybridized carbons (Fsp3) is 0.133. The van der Waals surface area contributed by atoms with E-state index < -0.39 is 0 Å². The van der Waals surface area contributed by atoms with Crippen molar-refractivity contribution in [1.82, 2.24) is 0 Å². The average molecular weight is 226 g/mol. The largest absolute Gasteiger partial charge is 0.515 e. The van der Waals surface area contributed by atoms with Gasteiger partial charge >= 0.3 is 0 Å². The highest BCUT2D eigenvalue weighted by molar-refractivity contribution is 6.13. The van der Waals surface area contributed by atoms with Crippen LogP contribution in [0, 0.1) is 62.2 Å². The van der Waals surface area contributed by atoms with Crippen LogP contribution in [-0.2, 0) is 4.79 Å². The van der Waals surface area contributed by atoms with Crippen LogP contribution in [0.4, 0.5) is 0 Å². The number of carbonyl (C=O) groups excluding carboxylic acids is 1. The number of ketones is 1. The van der Waals surface area contributed by atoms with Crippen molar-refractivity contribution < 1.29 is 9.90 Å². The molecule has 2 heteroatoms. The molecule has 0 aromatic heterocycles. The fourth-order valence-electron chi connectivity index (χ4n) is 1.97. The van der Waals surface area contributed by atoms with Crippen LogP contribution in [0.15, 0.2) is 11.8 Å². The smallest absolute Gasteiger partial charge is 0.170 e. The summed E-state index contributed by atoms with van der Waals surface area (Å²) in [5.41, 5.74) is 0.349. The maximum Gasteiger partial charge on any atom is 0.170 e. The van der Waals surface area contributed by atoms with Crippen LogP contribution in [0.1, 0.15) is 13.8 Å². The number of Topliss-reactive ketones (excluding diaryl/α,β-unsaturated/α-hetero) is 1. The first kappa shape index (κ1) is 12.7. The van der Waals surface area contributed by atoms with Crippen molar-refractivity contribution in [3.05, 3.63) is 74.0 Å². The molecule has 2 rings (SSSR count). The molecule has 2 nitrogen and oxygen atoms in total. The summed E-state index contributed by atoms with van der Waals surface area (Å²) in [6, 6.07) is 0. The molecule has 17 heavy (non-hydrogen) atoms. The van der Waals surface area contributed by atoms with Crippen molar-refractivity contribution in [1.29, 1.82) is 0 Å². The molecule has 0 aliphatic heterocycles. The lowest BCUT2D eigenvalue weighted by Gasteiger charge is -2.20. The third kappa shape index (κ3) is 2.41. The monoisotopic (exact) mass is 226 g/mol. The molecule has 0 bridgehead atoms. The predicted octanol–water partition coefficient (Wildman–Crippen LogP) is 2.59. The molecule has 0 heterocycles. The summed E-state index contributed by atoms with van der Waals surface area (Å²) in [6.07, 6.45) is 12.0. The lowest BCUT2D eigenvalue weighted by atomic mass is 9.81. The summed E-state index contributed by atoms with van der Waals surface area (Å²) in [5, 5.41) is 9.30. The molecule has 0 atom stereocenters.